The van der Waals surface area contributed by atoms with E-state index in [1.54, 1.807) is 10.6 Å². The van der Waals surface area contributed by atoms with Gasteiger partial charge < -0.3 is 9.88 Å². The van der Waals surface area contributed by atoms with Gasteiger partial charge in [0.15, 0.2) is 0 Å². The Kier molecular flexibility index (Phi) is 3.96. The molecule has 1 amide bonds. The molecular formula is C15H12FN3O. The maximum Gasteiger partial charge on any atom is 0.266 e. The average molecular weight is 269 g/mol. The summed E-state index contributed by atoms with van der Waals surface area (Å²) in [7, 11) is 1.82. The zero-order valence-corrected chi connectivity index (χ0v) is 10.8. The van der Waals surface area contributed by atoms with E-state index in [4.69, 9.17) is 5.26 Å². The van der Waals surface area contributed by atoms with Gasteiger partial charge in [-0.25, -0.2) is 4.39 Å². The molecule has 0 radical (unpaired) electrons. The van der Waals surface area contributed by atoms with Crippen LogP contribution in [0.4, 0.5) is 10.1 Å². The number of nitrogens with zero attached hydrogens (tertiary/aromatic N) is 2. The van der Waals surface area contributed by atoms with Crippen molar-refractivity contribution >= 4 is 17.7 Å². The van der Waals surface area contributed by atoms with Crippen LogP contribution in [0.3, 0.4) is 0 Å². The summed E-state index contributed by atoms with van der Waals surface area (Å²) in [6, 6.07) is 10.8. The van der Waals surface area contributed by atoms with E-state index in [0.717, 1.165) is 5.69 Å². The van der Waals surface area contributed by atoms with Gasteiger partial charge in [-0.2, -0.15) is 5.26 Å². The van der Waals surface area contributed by atoms with Crippen LogP contribution in [-0.2, 0) is 11.8 Å². The number of nitriles is 1. The number of rotatable bonds is 3. The Morgan fingerprint density at radius 2 is 2.05 bits per heavy atom. The van der Waals surface area contributed by atoms with E-state index in [9.17, 15) is 9.18 Å². The minimum atomic E-state index is -0.527. The zero-order valence-electron chi connectivity index (χ0n) is 10.8. The molecule has 0 atom stereocenters. The first-order valence-electron chi connectivity index (χ1n) is 5.90. The predicted molar refractivity (Wildman–Crippen MR) is 74.0 cm³/mol. The normalized spacial score (nSPS) is 10.9. The highest BCUT2D eigenvalue weighted by Crippen LogP contribution is 2.12. The van der Waals surface area contributed by atoms with Crippen molar-refractivity contribution in [1.29, 1.82) is 5.26 Å². The molecule has 1 heterocycles. The van der Waals surface area contributed by atoms with Crippen molar-refractivity contribution in [2.75, 3.05) is 5.32 Å². The molecule has 0 saturated heterocycles. The molecule has 100 valence electrons. The number of aryl methyl sites for hydroxylation is 1. The highest BCUT2D eigenvalue weighted by molar-refractivity contribution is 6.09. The van der Waals surface area contributed by atoms with Crippen LogP contribution in [0.1, 0.15) is 5.69 Å². The minimum Gasteiger partial charge on any atom is -0.351 e. The number of carbonyl (C=O) groups excluding carboxylic acids is 1. The molecule has 0 spiro atoms. The lowest BCUT2D eigenvalue weighted by Gasteiger charge is -2.04. The molecule has 1 aromatic carbocycles. The van der Waals surface area contributed by atoms with Gasteiger partial charge in [0.25, 0.3) is 5.91 Å². The Hall–Kier alpha value is -2.87. The Morgan fingerprint density at radius 3 is 2.60 bits per heavy atom. The number of hydrogen-bond acceptors (Lipinski definition) is 2. The van der Waals surface area contributed by atoms with E-state index in [-0.39, 0.29) is 11.4 Å². The number of hydrogen-bond donors (Lipinski definition) is 1. The fraction of sp³-hybridized carbons (Fsp3) is 0.0667. The Morgan fingerprint density at radius 1 is 1.35 bits per heavy atom. The predicted octanol–water partition coefficient (Wildman–Crippen LogP) is 2.71. The number of anilines is 1. The SMILES string of the molecule is Cn1cccc1C=C(C#N)C(=O)Nc1ccc(F)cc1. The lowest BCUT2D eigenvalue weighted by Crippen LogP contribution is -2.13. The van der Waals surface area contributed by atoms with Crippen LogP contribution in [0.5, 0.6) is 0 Å². The van der Waals surface area contributed by atoms with E-state index < -0.39 is 5.91 Å². The van der Waals surface area contributed by atoms with Crippen molar-refractivity contribution in [3.05, 3.63) is 59.7 Å². The number of benzene rings is 1. The van der Waals surface area contributed by atoms with Gasteiger partial charge in [0.2, 0.25) is 0 Å². The van der Waals surface area contributed by atoms with Crippen molar-refractivity contribution in [1.82, 2.24) is 4.57 Å². The summed E-state index contributed by atoms with van der Waals surface area (Å²) in [5, 5.41) is 11.6. The quantitative estimate of drug-likeness (QED) is 0.688. The van der Waals surface area contributed by atoms with Crippen molar-refractivity contribution in [3.63, 3.8) is 0 Å². The number of amides is 1. The van der Waals surface area contributed by atoms with E-state index >= 15 is 0 Å². The Labute approximate surface area is 115 Å². The molecule has 0 bridgehead atoms. The van der Waals surface area contributed by atoms with Gasteiger partial charge in [0.1, 0.15) is 17.5 Å². The molecular weight excluding hydrogens is 257 g/mol. The number of carbonyl (C=O) groups is 1. The largest absolute Gasteiger partial charge is 0.351 e. The standard InChI is InChI=1S/C15H12FN3O/c1-19-8-2-3-14(19)9-11(10-17)15(20)18-13-6-4-12(16)5-7-13/h2-9H,1H3,(H,18,20). The Bertz CT molecular complexity index is 693. The summed E-state index contributed by atoms with van der Waals surface area (Å²) < 4.78 is 14.6. The van der Waals surface area contributed by atoms with E-state index in [1.165, 1.54) is 30.3 Å². The van der Waals surface area contributed by atoms with Gasteiger partial charge >= 0.3 is 0 Å². The van der Waals surface area contributed by atoms with Crippen molar-refractivity contribution < 1.29 is 9.18 Å². The monoisotopic (exact) mass is 269 g/mol. The van der Waals surface area contributed by atoms with Crippen LogP contribution in [0.2, 0.25) is 0 Å². The number of aromatic nitrogens is 1. The van der Waals surface area contributed by atoms with Crippen molar-refractivity contribution in [2.45, 2.75) is 0 Å². The lowest BCUT2D eigenvalue weighted by atomic mass is 10.2. The van der Waals surface area contributed by atoms with Crippen LogP contribution in [0.15, 0.2) is 48.2 Å². The maximum absolute atomic E-state index is 12.8. The third-order valence-electron chi connectivity index (χ3n) is 2.74. The molecule has 0 aliphatic heterocycles. The fourth-order valence-electron chi connectivity index (χ4n) is 1.65. The first kappa shape index (κ1) is 13.6. The summed E-state index contributed by atoms with van der Waals surface area (Å²) in [5.41, 5.74) is 1.16. The topological polar surface area (TPSA) is 57.8 Å². The highest BCUT2D eigenvalue weighted by Gasteiger charge is 2.10. The summed E-state index contributed by atoms with van der Waals surface area (Å²) in [4.78, 5) is 12.0. The maximum atomic E-state index is 12.8. The van der Waals surface area contributed by atoms with Crippen LogP contribution < -0.4 is 5.32 Å². The smallest absolute Gasteiger partial charge is 0.266 e. The summed E-state index contributed by atoms with van der Waals surface area (Å²) in [5.74, 6) is -0.914. The van der Waals surface area contributed by atoms with Crippen molar-refractivity contribution in [3.8, 4) is 6.07 Å². The number of nitrogens with one attached hydrogen (secondary N) is 1. The van der Waals surface area contributed by atoms with Gasteiger partial charge in [-0.15, -0.1) is 0 Å². The lowest BCUT2D eigenvalue weighted by molar-refractivity contribution is -0.112. The second-order valence-corrected chi connectivity index (χ2v) is 4.17. The second-order valence-electron chi connectivity index (χ2n) is 4.17. The van der Waals surface area contributed by atoms with Gasteiger partial charge in [-0.3, -0.25) is 4.79 Å². The molecule has 4 nitrogen and oxygen atoms in total. The molecule has 0 fully saturated rings. The third-order valence-corrected chi connectivity index (χ3v) is 2.74. The molecule has 0 saturated carbocycles. The Balaban J connectivity index is 2.18. The molecule has 0 aliphatic rings. The molecule has 2 rings (SSSR count). The van der Waals surface area contributed by atoms with Crippen LogP contribution in [0.25, 0.3) is 6.08 Å². The first-order valence-corrected chi connectivity index (χ1v) is 5.90. The molecule has 1 N–H and O–H groups in total. The third kappa shape index (κ3) is 3.12. The molecule has 0 aliphatic carbocycles. The van der Waals surface area contributed by atoms with Gasteiger partial charge in [0, 0.05) is 24.6 Å². The van der Waals surface area contributed by atoms with E-state index in [0.29, 0.717) is 5.69 Å². The van der Waals surface area contributed by atoms with Gasteiger partial charge in [0.05, 0.1) is 0 Å². The molecule has 2 aromatic rings. The van der Waals surface area contributed by atoms with Crippen molar-refractivity contribution in [2.24, 2.45) is 7.05 Å². The molecule has 20 heavy (non-hydrogen) atoms. The van der Waals surface area contributed by atoms with Crippen LogP contribution in [0, 0.1) is 17.1 Å². The average Bonchev–Trinajstić information content (AvgIpc) is 2.84. The first-order chi connectivity index (χ1) is 9.60. The fourth-order valence-corrected chi connectivity index (χ4v) is 1.65. The summed E-state index contributed by atoms with van der Waals surface area (Å²) >= 11 is 0. The summed E-state index contributed by atoms with van der Waals surface area (Å²) in [6.07, 6.45) is 3.32. The van der Waals surface area contributed by atoms with Gasteiger partial charge in [-0.1, -0.05) is 0 Å². The van der Waals surface area contributed by atoms with E-state index in [2.05, 4.69) is 5.32 Å². The van der Waals surface area contributed by atoms with Gasteiger partial charge in [-0.05, 0) is 42.5 Å². The van der Waals surface area contributed by atoms with Crippen LogP contribution in [-0.4, -0.2) is 10.5 Å². The second kappa shape index (κ2) is 5.85. The molecule has 5 heteroatoms. The van der Waals surface area contributed by atoms with E-state index in [1.807, 2.05) is 25.4 Å². The highest BCUT2D eigenvalue weighted by atomic mass is 19.1. The van der Waals surface area contributed by atoms with Crippen LogP contribution >= 0.6 is 0 Å². The molecule has 0 unspecified atom stereocenters. The zero-order chi connectivity index (χ0) is 14.5. The summed E-state index contributed by atoms with van der Waals surface area (Å²) in [6.45, 7) is 0. The minimum absolute atomic E-state index is 0.0175. The molecule has 1 aromatic heterocycles. The number of halogens is 1.